The first-order chi connectivity index (χ1) is 18.0. The number of nitrogens with one attached hydrogen (secondary N) is 1. The lowest BCUT2D eigenvalue weighted by atomic mass is 10.0. The van der Waals surface area contributed by atoms with E-state index in [-0.39, 0.29) is 17.9 Å². The second kappa shape index (κ2) is 11.8. The molecule has 2 amide bonds. The lowest BCUT2D eigenvalue weighted by Crippen LogP contribution is -2.41. The Balaban J connectivity index is 1.15. The number of carbonyl (C=O) groups is 2. The summed E-state index contributed by atoms with van der Waals surface area (Å²) in [4.78, 5) is 33.1. The van der Waals surface area contributed by atoms with Gasteiger partial charge in [-0.05, 0) is 74.7 Å². The van der Waals surface area contributed by atoms with Crippen LogP contribution >= 0.6 is 0 Å². The SMILES string of the molecule is Cc1cccc(C)c1C(=O)N1CC2CN(CCC(NC(=O)CN3CCCCC3)c3ccccc3)CC2C1. The van der Waals surface area contributed by atoms with E-state index >= 15 is 0 Å². The Morgan fingerprint density at radius 2 is 1.49 bits per heavy atom. The van der Waals surface area contributed by atoms with Crippen LogP contribution in [-0.2, 0) is 4.79 Å². The molecule has 3 heterocycles. The summed E-state index contributed by atoms with van der Waals surface area (Å²) in [6, 6.07) is 16.5. The van der Waals surface area contributed by atoms with Crippen LogP contribution in [0.1, 0.15) is 58.8 Å². The molecule has 0 radical (unpaired) electrons. The van der Waals surface area contributed by atoms with Gasteiger partial charge in [0.2, 0.25) is 5.91 Å². The number of amides is 2. The summed E-state index contributed by atoms with van der Waals surface area (Å²) in [5.41, 5.74) is 4.19. The van der Waals surface area contributed by atoms with Gasteiger partial charge in [-0.1, -0.05) is 55.0 Å². The van der Waals surface area contributed by atoms with Crippen molar-refractivity contribution in [2.75, 3.05) is 52.4 Å². The van der Waals surface area contributed by atoms with Crippen molar-refractivity contribution in [2.45, 2.75) is 45.6 Å². The highest BCUT2D eigenvalue weighted by molar-refractivity contribution is 5.97. The van der Waals surface area contributed by atoms with Crippen LogP contribution in [0.15, 0.2) is 48.5 Å². The molecular weight excluding hydrogens is 460 g/mol. The lowest BCUT2D eigenvalue weighted by Gasteiger charge is -2.28. The first kappa shape index (κ1) is 25.9. The van der Waals surface area contributed by atoms with Crippen LogP contribution in [0.5, 0.6) is 0 Å². The van der Waals surface area contributed by atoms with E-state index in [0.717, 1.165) is 68.9 Å². The molecule has 1 N–H and O–H groups in total. The summed E-state index contributed by atoms with van der Waals surface area (Å²) in [5, 5.41) is 3.35. The zero-order valence-corrected chi connectivity index (χ0v) is 22.5. The maximum Gasteiger partial charge on any atom is 0.254 e. The van der Waals surface area contributed by atoms with Gasteiger partial charge >= 0.3 is 0 Å². The predicted molar refractivity (Wildman–Crippen MR) is 147 cm³/mol. The Kier molecular flexibility index (Phi) is 8.26. The summed E-state index contributed by atoms with van der Waals surface area (Å²) in [6.07, 6.45) is 4.57. The molecule has 0 aliphatic carbocycles. The third-order valence-electron chi connectivity index (χ3n) is 8.63. The molecule has 3 atom stereocenters. The minimum absolute atomic E-state index is 0.0287. The molecule has 0 aromatic heterocycles. The molecule has 3 fully saturated rings. The molecule has 6 nitrogen and oxygen atoms in total. The number of nitrogens with zero attached hydrogens (tertiary/aromatic N) is 3. The average Bonchev–Trinajstić information content (AvgIpc) is 3.47. The zero-order chi connectivity index (χ0) is 25.8. The van der Waals surface area contributed by atoms with Crippen molar-refractivity contribution >= 4 is 11.8 Å². The number of fused-ring (bicyclic) bond motifs is 1. The van der Waals surface area contributed by atoms with Crippen LogP contribution in [0.3, 0.4) is 0 Å². The molecule has 0 saturated carbocycles. The lowest BCUT2D eigenvalue weighted by molar-refractivity contribution is -0.123. The minimum Gasteiger partial charge on any atom is -0.348 e. The van der Waals surface area contributed by atoms with Gasteiger partial charge in [0.05, 0.1) is 12.6 Å². The topological polar surface area (TPSA) is 55.9 Å². The van der Waals surface area contributed by atoms with Crippen molar-refractivity contribution in [3.05, 3.63) is 70.8 Å². The summed E-state index contributed by atoms with van der Waals surface area (Å²) < 4.78 is 0. The largest absolute Gasteiger partial charge is 0.348 e. The van der Waals surface area contributed by atoms with E-state index in [1.54, 1.807) is 0 Å². The predicted octanol–water partition coefficient (Wildman–Crippen LogP) is 4.04. The van der Waals surface area contributed by atoms with Crippen LogP contribution < -0.4 is 5.32 Å². The van der Waals surface area contributed by atoms with Crippen LogP contribution in [-0.4, -0.2) is 78.9 Å². The number of benzene rings is 2. The second-order valence-electron chi connectivity index (χ2n) is 11.4. The minimum atomic E-state index is 0.0287. The van der Waals surface area contributed by atoms with E-state index < -0.39 is 0 Å². The molecule has 3 aliphatic heterocycles. The number of aryl methyl sites for hydroxylation is 2. The molecule has 198 valence electrons. The van der Waals surface area contributed by atoms with E-state index in [1.165, 1.54) is 24.8 Å². The van der Waals surface area contributed by atoms with E-state index in [4.69, 9.17) is 0 Å². The van der Waals surface area contributed by atoms with E-state index in [1.807, 2.05) is 38.1 Å². The molecule has 5 rings (SSSR count). The Morgan fingerprint density at radius 1 is 0.838 bits per heavy atom. The third-order valence-corrected chi connectivity index (χ3v) is 8.63. The van der Waals surface area contributed by atoms with Crippen LogP contribution in [0.4, 0.5) is 0 Å². The fourth-order valence-corrected chi connectivity index (χ4v) is 6.63. The summed E-state index contributed by atoms with van der Waals surface area (Å²) in [6.45, 7) is 11.4. The molecule has 6 heteroatoms. The van der Waals surface area contributed by atoms with E-state index in [0.29, 0.717) is 18.4 Å². The number of piperidine rings is 1. The normalized spacial score (nSPS) is 23.1. The molecule has 3 aliphatic rings. The Hall–Kier alpha value is -2.70. The van der Waals surface area contributed by atoms with Crippen LogP contribution in [0.25, 0.3) is 0 Å². The highest BCUT2D eigenvalue weighted by Gasteiger charge is 2.42. The van der Waals surface area contributed by atoms with Crippen LogP contribution in [0.2, 0.25) is 0 Å². The molecule has 0 bridgehead atoms. The monoisotopic (exact) mass is 502 g/mol. The fraction of sp³-hybridized carbons (Fsp3) is 0.548. The van der Waals surface area contributed by atoms with Crippen molar-refractivity contribution in [3.8, 4) is 0 Å². The van der Waals surface area contributed by atoms with Crippen molar-refractivity contribution in [1.82, 2.24) is 20.0 Å². The molecule has 2 aromatic carbocycles. The smallest absolute Gasteiger partial charge is 0.254 e. The van der Waals surface area contributed by atoms with Crippen molar-refractivity contribution in [2.24, 2.45) is 11.8 Å². The quantitative estimate of drug-likeness (QED) is 0.592. The Morgan fingerprint density at radius 3 is 2.14 bits per heavy atom. The molecule has 3 saturated heterocycles. The first-order valence-electron chi connectivity index (χ1n) is 14.1. The molecule has 3 unspecified atom stereocenters. The number of hydrogen-bond acceptors (Lipinski definition) is 4. The Labute approximate surface area is 222 Å². The van der Waals surface area contributed by atoms with E-state index in [9.17, 15) is 9.59 Å². The highest BCUT2D eigenvalue weighted by Crippen LogP contribution is 2.33. The maximum atomic E-state index is 13.3. The first-order valence-corrected chi connectivity index (χ1v) is 14.1. The van der Waals surface area contributed by atoms with Gasteiger partial charge in [0.25, 0.3) is 5.91 Å². The van der Waals surface area contributed by atoms with Gasteiger partial charge in [-0.3, -0.25) is 14.5 Å². The van der Waals surface area contributed by atoms with Gasteiger partial charge in [-0.15, -0.1) is 0 Å². The maximum absolute atomic E-state index is 13.3. The van der Waals surface area contributed by atoms with Gasteiger partial charge < -0.3 is 15.1 Å². The third kappa shape index (κ3) is 6.24. The van der Waals surface area contributed by atoms with Gasteiger partial charge in [0.15, 0.2) is 0 Å². The zero-order valence-electron chi connectivity index (χ0n) is 22.5. The van der Waals surface area contributed by atoms with Gasteiger partial charge in [-0.2, -0.15) is 0 Å². The summed E-state index contributed by atoms with van der Waals surface area (Å²) in [7, 11) is 0. The van der Waals surface area contributed by atoms with Crippen LogP contribution in [0, 0.1) is 25.7 Å². The molecule has 2 aromatic rings. The van der Waals surface area contributed by atoms with Gasteiger partial charge in [0, 0.05) is 38.3 Å². The van der Waals surface area contributed by atoms with Crippen molar-refractivity contribution in [1.29, 1.82) is 0 Å². The number of hydrogen-bond donors (Lipinski definition) is 1. The number of rotatable bonds is 8. The number of likely N-dealkylation sites (tertiary alicyclic amines) is 3. The molecular formula is C31H42N4O2. The second-order valence-corrected chi connectivity index (χ2v) is 11.4. The summed E-state index contributed by atoms with van der Waals surface area (Å²) >= 11 is 0. The van der Waals surface area contributed by atoms with Gasteiger partial charge in [0.1, 0.15) is 0 Å². The van der Waals surface area contributed by atoms with Crippen molar-refractivity contribution in [3.63, 3.8) is 0 Å². The van der Waals surface area contributed by atoms with Gasteiger partial charge in [-0.25, -0.2) is 0 Å². The number of carbonyl (C=O) groups excluding carboxylic acids is 2. The molecule has 0 spiro atoms. The molecule has 37 heavy (non-hydrogen) atoms. The summed E-state index contributed by atoms with van der Waals surface area (Å²) in [5.74, 6) is 1.40. The highest BCUT2D eigenvalue weighted by atomic mass is 16.2. The Bertz CT molecular complexity index is 1050. The average molecular weight is 503 g/mol. The van der Waals surface area contributed by atoms with E-state index in [2.05, 4.69) is 44.3 Å². The standard InChI is InChI=1S/C31H42N4O2/c1-23-10-9-11-24(2)30(23)31(37)35-20-26-18-34(19-27(26)21-35)17-14-28(25-12-5-3-6-13-25)32-29(36)22-33-15-7-4-8-16-33/h3,5-6,9-13,26-28H,4,7-8,14-22H2,1-2H3,(H,32,36). The fourth-order valence-electron chi connectivity index (χ4n) is 6.63. The van der Waals surface area contributed by atoms with Crippen molar-refractivity contribution < 1.29 is 9.59 Å².